The molecule has 7 heteroatoms. The van der Waals surface area contributed by atoms with Crippen LogP contribution in [0.25, 0.3) is 0 Å². The molecule has 6 nitrogen and oxygen atoms in total. The number of aryl methyl sites for hydroxylation is 1. The van der Waals surface area contributed by atoms with Crippen molar-refractivity contribution in [2.75, 3.05) is 7.05 Å². The molecule has 0 aliphatic rings. The molecule has 0 amide bonds. The maximum absolute atomic E-state index is 8.56. The number of rotatable bonds is 6. The molecule has 3 heterocycles. The molecule has 169 valence electrons. The molecule has 3 aromatic rings. The Morgan fingerprint density at radius 1 is 0.742 bits per heavy atom. The van der Waals surface area contributed by atoms with Gasteiger partial charge in [0.15, 0.2) is 0 Å². The van der Waals surface area contributed by atoms with Crippen LogP contribution >= 0.6 is 0 Å². The monoisotopic (exact) mass is 602 g/mol. The fourth-order valence-corrected chi connectivity index (χ4v) is 2.53. The van der Waals surface area contributed by atoms with Gasteiger partial charge in [-0.2, -0.15) is 0 Å². The summed E-state index contributed by atoms with van der Waals surface area (Å²) < 4.78 is 0. The summed E-state index contributed by atoms with van der Waals surface area (Å²) in [4.78, 5) is 14.8. The molecular formula is C24H34N4O2Os+. The van der Waals surface area contributed by atoms with E-state index in [4.69, 9.17) is 10.2 Å². The van der Waals surface area contributed by atoms with E-state index in [-0.39, 0.29) is 32.0 Å². The van der Waals surface area contributed by atoms with Crippen LogP contribution in [0.2, 0.25) is 0 Å². The molecule has 0 saturated heterocycles. The summed E-state index contributed by atoms with van der Waals surface area (Å²) in [6.45, 7) is 6.98. The van der Waals surface area contributed by atoms with Crippen LogP contribution in [0.1, 0.15) is 37.4 Å². The van der Waals surface area contributed by atoms with E-state index in [1.54, 1.807) is 20.0 Å². The van der Waals surface area contributed by atoms with Gasteiger partial charge in [-0.25, -0.2) is 0 Å². The molecule has 1 radical (unpaired) electrons. The molecule has 2 atom stereocenters. The van der Waals surface area contributed by atoms with Crippen molar-refractivity contribution in [2.24, 2.45) is 0 Å². The number of nitrogens with zero attached hydrogens (tertiary/aromatic N) is 4. The van der Waals surface area contributed by atoms with Crippen molar-refractivity contribution in [1.82, 2.24) is 19.9 Å². The Bertz CT molecular complexity index is 728. The minimum Gasteiger partial charge on any atom is -0.393 e. The van der Waals surface area contributed by atoms with Gasteiger partial charge in [0.05, 0.1) is 23.6 Å². The van der Waals surface area contributed by atoms with Crippen LogP contribution in [0, 0.1) is 6.92 Å². The molecule has 0 bridgehead atoms. The summed E-state index contributed by atoms with van der Waals surface area (Å²) in [5.41, 5.74) is 3.24. The number of aliphatic hydroxyl groups excluding tert-OH is 2. The first-order valence-corrected chi connectivity index (χ1v) is 10.1. The van der Waals surface area contributed by atoms with E-state index in [9.17, 15) is 0 Å². The van der Waals surface area contributed by atoms with Crippen LogP contribution < -0.4 is 0 Å². The van der Waals surface area contributed by atoms with Crippen molar-refractivity contribution in [1.29, 1.82) is 0 Å². The summed E-state index contributed by atoms with van der Waals surface area (Å²) in [6, 6.07) is 17.8. The maximum Gasteiger partial charge on any atom is 1.00 e. The fourth-order valence-electron chi connectivity index (χ4n) is 2.53. The standard InChI is InChI=1S/C13H15N3.C6H7N.C5H12O2.Os/c1-16(10-12-6-2-4-8-14-12)11-13-7-3-5-9-15-13;1-6-4-2-3-5-7-6;1-4(6)3-5(2)7;/h2-9H,10-11H2,1H3;2-5H,1H3;4-7H,3H2,1-2H3;/q;;;+1. The zero-order valence-electron chi connectivity index (χ0n) is 18.7. The van der Waals surface area contributed by atoms with Gasteiger partial charge in [0, 0.05) is 37.4 Å². The van der Waals surface area contributed by atoms with Crippen LogP contribution in [0.15, 0.2) is 73.2 Å². The third kappa shape index (κ3) is 16.3. The zero-order valence-corrected chi connectivity index (χ0v) is 21.3. The van der Waals surface area contributed by atoms with Crippen molar-refractivity contribution in [3.05, 3.63) is 90.3 Å². The van der Waals surface area contributed by atoms with Gasteiger partial charge in [-0.3, -0.25) is 19.9 Å². The van der Waals surface area contributed by atoms with Gasteiger partial charge in [-0.05, 0) is 70.6 Å². The van der Waals surface area contributed by atoms with Crippen LogP contribution in [0.5, 0.6) is 0 Å². The van der Waals surface area contributed by atoms with E-state index in [2.05, 4.69) is 26.9 Å². The predicted molar refractivity (Wildman–Crippen MR) is 121 cm³/mol. The minimum atomic E-state index is -0.375. The van der Waals surface area contributed by atoms with E-state index in [1.165, 1.54) is 0 Å². The van der Waals surface area contributed by atoms with Gasteiger partial charge in [-0.1, -0.05) is 18.2 Å². The number of aliphatic hydroxyl groups is 2. The van der Waals surface area contributed by atoms with Crippen molar-refractivity contribution in [3.8, 4) is 0 Å². The van der Waals surface area contributed by atoms with Crippen LogP contribution in [-0.4, -0.2) is 49.3 Å². The first kappa shape index (κ1) is 29.0. The molecule has 3 rings (SSSR count). The average Bonchev–Trinajstić information content (AvgIpc) is 2.70. The number of pyridine rings is 3. The van der Waals surface area contributed by atoms with Crippen molar-refractivity contribution >= 4 is 0 Å². The molecule has 2 N–H and O–H groups in total. The van der Waals surface area contributed by atoms with Gasteiger partial charge >= 0.3 is 19.8 Å². The van der Waals surface area contributed by atoms with E-state index in [0.29, 0.717) is 6.42 Å². The molecule has 0 saturated carbocycles. The first-order valence-electron chi connectivity index (χ1n) is 10.1. The van der Waals surface area contributed by atoms with Crippen molar-refractivity contribution in [2.45, 2.75) is 52.5 Å². The van der Waals surface area contributed by atoms with E-state index in [0.717, 1.165) is 30.2 Å². The number of hydrogen-bond donors (Lipinski definition) is 2. The van der Waals surface area contributed by atoms with Gasteiger partial charge in [0.2, 0.25) is 0 Å². The number of hydrogen-bond acceptors (Lipinski definition) is 6. The Labute approximate surface area is 199 Å². The summed E-state index contributed by atoms with van der Waals surface area (Å²) in [5.74, 6) is 0. The average molecular weight is 601 g/mol. The van der Waals surface area contributed by atoms with Gasteiger partial charge in [-0.15, -0.1) is 0 Å². The Hall–Kier alpha value is -2.03. The second-order valence-electron chi connectivity index (χ2n) is 7.22. The topological polar surface area (TPSA) is 82.4 Å². The summed E-state index contributed by atoms with van der Waals surface area (Å²) in [5, 5.41) is 17.1. The van der Waals surface area contributed by atoms with Gasteiger partial charge in [0.1, 0.15) is 0 Å². The van der Waals surface area contributed by atoms with E-state index in [1.807, 2.05) is 73.9 Å². The van der Waals surface area contributed by atoms with Gasteiger partial charge in [0.25, 0.3) is 0 Å². The van der Waals surface area contributed by atoms with Crippen LogP contribution in [0.4, 0.5) is 0 Å². The Kier molecular flexibility index (Phi) is 16.5. The normalized spacial score (nSPS) is 11.7. The quantitative estimate of drug-likeness (QED) is 0.450. The van der Waals surface area contributed by atoms with Crippen molar-refractivity contribution < 1.29 is 30.0 Å². The zero-order chi connectivity index (χ0) is 22.2. The SMILES string of the molecule is CC(O)CC(C)O.CN(Cc1ccccn1)Cc1ccccn1.Cc1ccccn1.[Os+]. The largest absolute Gasteiger partial charge is 1.00 e. The number of aromatic nitrogens is 3. The fraction of sp³-hybridized carbons (Fsp3) is 0.375. The second kappa shape index (κ2) is 17.6. The van der Waals surface area contributed by atoms with E-state index < -0.39 is 0 Å². The predicted octanol–water partition coefficient (Wildman–Crippen LogP) is 3.63. The van der Waals surface area contributed by atoms with E-state index >= 15 is 0 Å². The Balaban J connectivity index is 0.000000502. The van der Waals surface area contributed by atoms with Crippen LogP contribution in [-0.2, 0) is 32.9 Å². The van der Waals surface area contributed by atoms with Crippen molar-refractivity contribution in [3.63, 3.8) is 0 Å². The summed E-state index contributed by atoms with van der Waals surface area (Å²) in [7, 11) is 2.07. The summed E-state index contributed by atoms with van der Waals surface area (Å²) in [6.07, 6.45) is 5.16. The smallest absolute Gasteiger partial charge is 0.393 e. The summed E-state index contributed by atoms with van der Waals surface area (Å²) >= 11 is 0. The second-order valence-corrected chi connectivity index (χ2v) is 7.22. The molecule has 0 aromatic carbocycles. The third-order valence-electron chi connectivity index (χ3n) is 3.81. The third-order valence-corrected chi connectivity index (χ3v) is 3.81. The molecule has 0 aliphatic heterocycles. The maximum atomic E-state index is 8.56. The molecule has 0 aliphatic carbocycles. The molecule has 31 heavy (non-hydrogen) atoms. The molecule has 2 unspecified atom stereocenters. The molecule has 0 spiro atoms. The van der Waals surface area contributed by atoms with Gasteiger partial charge < -0.3 is 10.2 Å². The Morgan fingerprint density at radius 3 is 1.39 bits per heavy atom. The van der Waals surface area contributed by atoms with Crippen LogP contribution in [0.3, 0.4) is 0 Å². The molecule has 3 aromatic heterocycles. The molecule has 0 fully saturated rings. The Morgan fingerprint density at radius 2 is 1.16 bits per heavy atom. The minimum absolute atomic E-state index is 0. The molecular weight excluding hydrogens is 567 g/mol. The first-order chi connectivity index (χ1) is 14.4.